The molecule has 2 aliphatic rings. The number of ketones is 1. The van der Waals surface area contributed by atoms with Gasteiger partial charge in [-0.3, -0.25) is 4.79 Å². The molecule has 2 heterocycles. The number of carbonyl (C=O) groups is 1. The third-order valence-corrected chi connectivity index (χ3v) is 6.55. The number of phenols is 1. The molecule has 192 valence electrons. The van der Waals surface area contributed by atoms with Gasteiger partial charge in [-0.2, -0.15) is 0 Å². The first kappa shape index (κ1) is 25.8. The molecule has 36 heavy (non-hydrogen) atoms. The molecule has 0 bridgehead atoms. The van der Waals surface area contributed by atoms with Crippen molar-refractivity contribution in [2.24, 2.45) is 0 Å². The van der Waals surface area contributed by atoms with Crippen molar-refractivity contribution in [3.63, 3.8) is 0 Å². The Balaban J connectivity index is 1.35. The van der Waals surface area contributed by atoms with Crippen molar-refractivity contribution in [1.82, 2.24) is 9.80 Å². The standard InChI is InChI=1S/C29H36N2O5/c1-29(2)13-12-23-25(36-29)11-8-22(28(23)33)24(32)9-6-21-7-10-26(27(20-21)34-4)35-19-5-14-31-17-15-30(3)16-18-31/h6-13,20,33H,5,14-19H2,1-4H3/b9-6+. The fourth-order valence-electron chi connectivity index (χ4n) is 4.35. The van der Waals surface area contributed by atoms with E-state index in [4.69, 9.17) is 14.2 Å². The zero-order valence-electron chi connectivity index (χ0n) is 21.6. The molecule has 2 aromatic carbocycles. The number of fused-ring (bicyclic) bond motifs is 1. The predicted octanol–water partition coefficient (Wildman–Crippen LogP) is 4.50. The van der Waals surface area contributed by atoms with Gasteiger partial charge in [0.05, 0.1) is 24.8 Å². The quantitative estimate of drug-likeness (QED) is 0.314. The first-order chi connectivity index (χ1) is 17.3. The van der Waals surface area contributed by atoms with Gasteiger partial charge in [0, 0.05) is 32.7 Å². The van der Waals surface area contributed by atoms with Crippen LogP contribution < -0.4 is 14.2 Å². The van der Waals surface area contributed by atoms with Crippen LogP contribution in [0.5, 0.6) is 23.0 Å². The lowest BCUT2D eigenvalue weighted by atomic mass is 9.98. The van der Waals surface area contributed by atoms with E-state index in [-0.39, 0.29) is 17.1 Å². The summed E-state index contributed by atoms with van der Waals surface area (Å²) in [4.78, 5) is 17.6. The number of benzene rings is 2. The maximum Gasteiger partial charge on any atom is 0.189 e. The Bertz CT molecular complexity index is 1150. The molecule has 0 atom stereocenters. The molecule has 0 radical (unpaired) electrons. The smallest absolute Gasteiger partial charge is 0.189 e. The van der Waals surface area contributed by atoms with Crippen LogP contribution in [0.1, 0.15) is 41.8 Å². The Morgan fingerprint density at radius 1 is 1.14 bits per heavy atom. The van der Waals surface area contributed by atoms with Gasteiger partial charge in [-0.15, -0.1) is 0 Å². The van der Waals surface area contributed by atoms with E-state index < -0.39 is 5.60 Å². The molecule has 1 fully saturated rings. The van der Waals surface area contributed by atoms with Crippen LogP contribution in [0.25, 0.3) is 12.2 Å². The van der Waals surface area contributed by atoms with E-state index in [0.717, 1.165) is 44.7 Å². The highest BCUT2D eigenvalue weighted by Crippen LogP contribution is 2.38. The van der Waals surface area contributed by atoms with E-state index in [9.17, 15) is 9.90 Å². The molecule has 0 unspecified atom stereocenters. The van der Waals surface area contributed by atoms with Crippen molar-refractivity contribution in [3.05, 3.63) is 59.2 Å². The Labute approximate surface area is 213 Å². The number of ether oxygens (including phenoxy) is 3. The first-order valence-electron chi connectivity index (χ1n) is 12.4. The van der Waals surface area contributed by atoms with E-state index in [0.29, 0.717) is 29.4 Å². The van der Waals surface area contributed by atoms with Gasteiger partial charge in [0.25, 0.3) is 0 Å². The monoisotopic (exact) mass is 492 g/mol. The zero-order chi connectivity index (χ0) is 25.7. The number of phenolic OH excluding ortho intramolecular Hbond substituents is 1. The van der Waals surface area contributed by atoms with Crippen LogP contribution in [0, 0.1) is 0 Å². The van der Waals surface area contributed by atoms with Crippen molar-refractivity contribution in [2.45, 2.75) is 25.9 Å². The summed E-state index contributed by atoms with van der Waals surface area (Å²) < 4.78 is 17.3. The summed E-state index contributed by atoms with van der Waals surface area (Å²) in [5.74, 6) is 1.49. The van der Waals surface area contributed by atoms with Gasteiger partial charge in [-0.05, 0) is 75.4 Å². The number of carbonyl (C=O) groups excluding carboxylic acids is 1. The van der Waals surface area contributed by atoms with Gasteiger partial charge >= 0.3 is 0 Å². The van der Waals surface area contributed by atoms with Gasteiger partial charge in [-0.25, -0.2) is 0 Å². The van der Waals surface area contributed by atoms with E-state index in [2.05, 4.69) is 16.8 Å². The van der Waals surface area contributed by atoms with E-state index in [1.807, 2.05) is 38.1 Å². The number of hydrogen-bond donors (Lipinski definition) is 1. The third-order valence-electron chi connectivity index (χ3n) is 6.55. The Morgan fingerprint density at radius 2 is 1.92 bits per heavy atom. The summed E-state index contributed by atoms with van der Waals surface area (Å²) in [7, 11) is 3.76. The molecule has 0 spiro atoms. The highest BCUT2D eigenvalue weighted by atomic mass is 16.5. The van der Waals surface area contributed by atoms with Gasteiger partial charge in [0.15, 0.2) is 17.3 Å². The number of aromatic hydroxyl groups is 1. The molecule has 1 saturated heterocycles. The summed E-state index contributed by atoms with van der Waals surface area (Å²) in [6.45, 7) is 9.94. The van der Waals surface area contributed by atoms with Crippen LogP contribution in [-0.2, 0) is 0 Å². The number of nitrogens with zero attached hydrogens (tertiary/aromatic N) is 2. The van der Waals surface area contributed by atoms with Crippen LogP contribution in [0.2, 0.25) is 0 Å². The lowest BCUT2D eigenvalue weighted by Crippen LogP contribution is -2.44. The second-order valence-electron chi connectivity index (χ2n) is 9.87. The fraction of sp³-hybridized carbons (Fsp3) is 0.414. The van der Waals surface area contributed by atoms with Gasteiger partial charge in [0.1, 0.15) is 17.1 Å². The zero-order valence-corrected chi connectivity index (χ0v) is 21.6. The lowest BCUT2D eigenvalue weighted by molar-refractivity contribution is 0.104. The number of likely N-dealkylation sites (N-methyl/N-ethyl adjacent to an activating group) is 1. The fourth-order valence-corrected chi connectivity index (χ4v) is 4.35. The summed E-state index contributed by atoms with van der Waals surface area (Å²) >= 11 is 0. The normalized spacial score (nSPS) is 17.6. The Morgan fingerprint density at radius 3 is 2.67 bits per heavy atom. The van der Waals surface area contributed by atoms with Crippen molar-refractivity contribution in [2.75, 3.05) is 53.5 Å². The molecule has 7 nitrogen and oxygen atoms in total. The molecular formula is C29H36N2O5. The van der Waals surface area contributed by atoms with E-state index in [1.165, 1.54) is 6.08 Å². The Kier molecular flexibility index (Phi) is 8.01. The minimum Gasteiger partial charge on any atom is -0.506 e. The van der Waals surface area contributed by atoms with Crippen molar-refractivity contribution in [3.8, 4) is 23.0 Å². The summed E-state index contributed by atoms with van der Waals surface area (Å²) in [5, 5.41) is 10.7. The van der Waals surface area contributed by atoms with Crippen molar-refractivity contribution < 1.29 is 24.1 Å². The molecule has 1 N–H and O–H groups in total. The SMILES string of the molecule is COc1cc(/C=C/C(=O)c2ccc3c(c2O)C=CC(C)(C)O3)ccc1OCCCN1CCN(C)CC1. The van der Waals surface area contributed by atoms with Crippen LogP contribution >= 0.6 is 0 Å². The van der Waals surface area contributed by atoms with Crippen LogP contribution in [-0.4, -0.2) is 79.8 Å². The minimum atomic E-state index is -0.454. The number of hydrogen-bond acceptors (Lipinski definition) is 7. The summed E-state index contributed by atoms with van der Waals surface area (Å²) in [6, 6.07) is 8.90. The highest BCUT2D eigenvalue weighted by Gasteiger charge is 2.25. The third kappa shape index (κ3) is 6.28. The predicted molar refractivity (Wildman–Crippen MR) is 142 cm³/mol. The lowest BCUT2D eigenvalue weighted by Gasteiger charge is -2.32. The second kappa shape index (κ2) is 11.2. The maximum atomic E-state index is 12.8. The number of rotatable bonds is 9. The molecule has 2 aromatic rings. The molecular weight excluding hydrogens is 456 g/mol. The average Bonchev–Trinajstić information content (AvgIpc) is 2.86. The summed E-state index contributed by atoms with van der Waals surface area (Å²) in [6.07, 6.45) is 7.76. The topological polar surface area (TPSA) is 71.5 Å². The molecule has 2 aliphatic heterocycles. The van der Waals surface area contributed by atoms with Crippen LogP contribution in [0.4, 0.5) is 0 Å². The van der Waals surface area contributed by atoms with Crippen LogP contribution in [0.15, 0.2) is 42.5 Å². The number of allylic oxidation sites excluding steroid dienone is 1. The van der Waals surface area contributed by atoms with Gasteiger partial charge in [-0.1, -0.05) is 12.1 Å². The molecule has 0 aliphatic carbocycles. The average molecular weight is 493 g/mol. The molecule has 4 rings (SSSR count). The molecule has 7 heteroatoms. The minimum absolute atomic E-state index is 0.0770. The molecule has 0 aromatic heterocycles. The van der Waals surface area contributed by atoms with Crippen molar-refractivity contribution >= 4 is 17.9 Å². The van der Waals surface area contributed by atoms with Crippen LogP contribution in [0.3, 0.4) is 0 Å². The largest absolute Gasteiger partial charge is 0.506 e. The summed E-state index contributed by atoms with van der Waals surface area (Å²) in [5.41, 5.74) is 1.09. The van der Waals surface area contributed by atoms with E-state index in [1.54, 1.807) is 31.4 Å². The number of methoxy groups -OCH3 is 1. The maximum absolute atomic E-state index is 12.8. The molecule has 0 saturated carbocycles. The first-order valence-corrected chi connectivity index (χ1v) is 12.4. The molecule has 0 amide bonds. The number of piperazine rings is 1. The van der Waals surface area contributed by atoms with E-state index >= 15 is 0 Å². The second-order valence-corrected chi connectivity index (χ2v) is 9.87. The van der Waals surface area contributed by atoms with Crippen molar-refractivity contribution in [1.29, 1.82) is 0 Å². The Hall–Kier alpha value is -3.29. The van der Waals surface area contributed by atoms with Gasteiger partial charge < -0.3 is 29.1 Å². The van der Waals surface area contributed by atoms with Gasteiger partial charge in [0.2, 0.25) is 0 Å². The highest BCUT2D eigenvalue weighted by molar-refractivity contribution is 6.09.